The maximum absolute atomic E-state index is 5.59. The third-order valence-corrected chi connectivity index (χ3v) is 2.10. The Morgan fingerprint density at radius 3 is 2.73 bits per heavy atom. The van der Waals surface area contributed by atoms with Crippen LogP contribution in [0.15, 0.2) is 24.3 Å². The Hall–Kier alpha value is -0.730. The first-order valence-corrected chi connectivity index (χ1v) is 5.29. The highest BCUT2D eigenvalue weighted by molar-refractivity contribution is 5.85. The van der Waals surface area contributed by atoms with Crippen LogP contribution < -0.4 is 10.1 Å². The molecule has 0 atom stereocenters. The second-order valence-electron chi connectivity index (χ2n) is 3.20. The van der Waals surface area contributed by atoms with E-state index in [2.05, 4.69) is 31.3 Å². The summed E-state index contributed by atoms with van der Waals surface area (Å²) in [7, 11) is 0. The van der Waals surface area contributed by atoms with E-state index in [9.17, 15) is 0 Å². The minimum Gasteiger partial charge on any atom is -0.492 e. The van der Waals surface area contributed by atoms with E-state index in [1.807, 2.05) is 12.1 Å². The van der Waals surface area contributed by atoms with Crippen molar-refractivity contribution >= 4 is 12.4 Å². The maximum atomic E-state index is 5.59. The molecule has 0 aliphatic carbocycles. The topological polar surface area (TPSA) is 21.3 Å². The Morgan fingerprint density at radius 2 is 2.07 bits per heavy atom. The summed E-state index contributed by atoms with van der Waals surface area (Å²) in [4.78, 5) is 0. The van der Waals surface area contributed by atoms with Crippen LogP contribution in [0, 0.1) is 0 Å². The Labute approximate surface area is 98.4 Å². The molecule has 0 heterocycles. The number of hydrogen-bond donors (Lipinski definition) is 1. The summed E-state index contributed by atoms with van der Waals surface area (Å²) in [5.74, 6) is 0.974. The Balaban J connectivity index is 0.00000196. The van der Waals surface area contributed by atoms with E-state index in [1.165, 1.54) is 5.56 Å². The SMILES string of the molecule is CCNCCOc1cccc(CC)c1.Cl. The van der Waals surface area contributed by atoms with Crippen molar-refractivity contribution in [2.75, 3.05) is 19.7 Å². The molecule has 0 unspecified atom stereocenters. The van der Waals surface area contributed by atoms with Crippen LogP contribution in [0.1, 0.15) is 19.4 Å². The van der Waals surface area contributed by atoms with Crippen molar-refractivity contribution in [1.29, 1.82) is 0 Å². The van der Waals surface area contributed by atoms with Crippen LogP contribution in [-0.4, -0.2) is 19.7 Å². The van der Waals surface area contributed by atoms with Crippen molar-refractivity contribution in [2.24, 2.45) is 0 Å². The predicted octanol–water partition coefficient (Wildman–Crippen LogP) is 2.66. The molecule has 0 bridgehead atoms. The lowest BCUT2D eigenvalue weighted by Gasteiger charge is -2.07. The molecule has 0 spiro atoms. The van der Waals surface area contributed by atoms with Gasteiger partial charge in [-0.05, 0) is 30.7 Å². The smallest absolute Gasteiger partial charge is 0.119 e. The van der Waals surface area contributed by atoms with Crippen LogP contribution in [-0.2, 0) is 6.42 Å². The number of nitrogens with one attached hydrogen (secondary N) is 1. The average molecular weight is 230 g/mol. The van der Waals surface area contributed by atoms with Gasteiger partial charge < -0.3 is 10.1 Å². The summed E-state index contributed by atoms with van der Waals surface area (Å²) < 4.78 is 5.59. The van der Waals surface area contributed by atoms with Gasteiger partial charge in [-0.1, -0.05) is 26.0 Å². The van der Waals surface area contributed by atoms with Gasteiger partial charge >= 0.3 is 0 Å². The number of rotatable bonds is 6. The predicted molar refractivity (Wildman–Crippen MR) is 67.1 cm³/mol. The van der Waals surface area contributed by atoms with E-state index in [0.717, 1.165) is 31.9 Å². The van der Waals surface area contributed by atoms with E-state index < -0.39 is 0 Å². The fourth-order valence-corrected chi connectivity index (χ4v) is 1.27. The molecule has 86 valence electrons. The minimum absolute atomic E-state index is 0. The summed E-state index contributed by atoms with van der Waals surface area (Å²) in [6.45, 7) is 6.89. The molecule has 0 fully saturated rings. The molecule has 0 amide bonds. The molecular formula is C12H20ClNO. The van der Waals surface area contributed by atoms with Crippen molar-refractivity contribution in [3.63, 3.8) is 0 Å². The van der Waals surface area contributed by atoms with Crippen LogP contribution in [0.25, 0.3) is 0 Å². The monoisotopic (exact) mass is 229 g/mol. The summed E-state index contributed by atoms with van der Waals surface area (Å²) in [5.41, 5.74) is 1.32. The van der Waals surface area contributed by atoms with Crippen LogP contribution in [0.5, 0.6) is 5.75 Å². The van der Waals surface area contributed by atoms with E-state index >= 15 is 0 Å². The summed E-state index contributed by atoms with van der Waals surface area (Å²) in [5, 5.41) is 3.22. The molecular weight excluding hydrogens is 210 g/mol. The van der Waals surface area contributed by atoms with Crippen LogP contribution in [0.4, 0.5) is 0 Å². The van der Waals surface area contributed by atoms with E-state index in [-0.39, 0.29) is 12.4 Å². The fourth-order valence-electron chi connectivity index (χ4n) is 1.27. The van der Waals surface area contributed by atoms with Crippen LogP contribution in [0.3, 0.4) is 0 Å². The number of likely N-dealkylation sites (N-methyl/N-ethyl adjacent to an activating group) is 1. The van der Waals surface area contributed by atoms with Crippen molar-refractivity contribution in [1.82, 2.24) is 5.32 Å². The Morgan fingerprint density at radius 1 is 1.27 bits per heavy atom. The van der Waals surface area contributed by atoms with Gasteiger partial charge in [0.25, 0.3) is 0 Å². The van der Waals surface area contributed by atoms with Crippen molar-refractivity contribution in [3.05, 3.63) is 29.8 Å². The van der Waals surface area contributed by atoms with Crippen molar-refractivity contribution in [2.45, 2.75) is 20.3 Å². The third kappa shape index (κ3) is 5.65. The lowest BCUT2D eigenvalue weighted by atomic mass is 10.2. The molecule has 0 aliphatic heterocycles. The van der Waals surface area contributed by atoms with Crippen molar-refractivity contribution in [3.8, 4) is 5.75 Å². The molecule has 2 nitrogen and oxygen atoms in total. The van der Waals surface area contributed by atoms with Crippen LogP contribution >= 0.6 is 12.4 Å². The highest BCUT2D eigenvalue weighted by Gasteiger charge is 1.94. The molecule has 1 N–H and O–H groups in total. The molecule has 0 aliphatic rings. The number of halogens is 1. The zero-order valence-corrected chi connectivity index (χ0v) is 10.3. The number of ether oxygens (including phenoxy) is 1. The molecule has 0 radical (unpaired) electrons. The van der Waals surface area contributed by atoms with Gasteiger partial charge in [0, 0.05) is 6.54 Å². The second-order valence-corrected chi connectivity index (χ2v) is 3.20. The largest absolute Gasteiger partial charge is 0.492 e. The summed E-state index contributed by atoms with van der Waals surface area (Å²) in [6, 6.07) is 8.27. The number of benzene rings is 1. The third-order valence-electron chi connectivity index (χ3n) is 2.10. The molecule has 0 saturated carbocycles. The average Bonchev–Trinajstić information content (AvgIpc) is 2.25. The molecule has 15 heavy (non-hydrogen) atoms. The lowest BCUT2D eigenvalue weighted by molar-refractivity contribution is 0.315. The van der Waals surface area contributed by atoms with Gasteiger partial charge in [0.15, 0.2) is 0 Å². The highest BCUT2D eigenvalue weighted by Crippen LogP contribution is 2.13. The maximum Gasteiger partial charge on any atom is 0.119 e. The molecule has 3 heteroatoms. The van der Waals surface area contributed by atoms with Crippen molar-refractivity contribution < 1.29 is 4.74 Å². The summed E-state index contributed by atoms with van der Waals surface area (Å²) >= 11 is 0. The first kappa shape index (κ1) is 14.3. The normalized spacial score (nSPS) is 9.47. The second kappa shape index (κ2) is 8.57. The standard InChI is InChI=1S/C12H19NO.ClH/c1-3-11-6-5-7-12(10-11)14-9-8-13-4-2;/h5-7,10,13H,3-4,8-9H2,1-2H3;1H. The van der Waals surface area contributed by atoms with Crippen LogP contribution in [0.2, 0.25) is 0 Å². The minimum atomic E-state index is 0. The molecule has 1 rings (SSSR count). The quantitative estimate of drug-likeness (QED) is 0.758. The van der Waals surface area contributed by atoms with Gasteiger partial charge in [0.2, 0.25) is 0 Å². The first-order valence-electron chi connectivity index (χ1n) is 5.29. The van der Waals surface area contributed by atoms with Gasteiger partial charge in [-0.2, -0.15) is 0 Å². The van der Waals surface area contributed by atoms with Gasteiger partial charge in [-0.25, -0.2) is 0 Å². The fraction of sp³-hybridized carbons (Fsp3) is 0.500. The van der Waals surface area contributed by atoms with Gasteiger partial charge in [-0.15, -0.1) is 12.4 Å². The van der Waals surface area contributed by atoms with Gasteiger partial charge in [0.1, 0.15) is 12.4 Å². The van der Waals surface area contributed by atoms with E-state index in [0.29, 0.717) is 0 Å². The van der Waals surface area contributed by atoms with Gasteiger partial charge in [0.05, 0.1) is 0 Å². The van der Waals surface area contributed by atoms with E-state index in [4.69, 9.17) is 4.74 Å². The summed E-state index contributed by atoms with van der Waals surface area (Å²) in [6.07, 6.45) is 1.06. The lowest BCUT2D eigenvalue weighted by Crippen LogP contribution is -2.20. The Kier molecular flexibility index (Phi) is 8.15. The molecule has 1 aromatic carbocycles. The molecule has 0 saturated heterocycles. The zero-order valence-electron chi connectivity index (χ0n) is 9.45. The van der Waals surface area contributed by atoms with Gasteiger partial charge in [-0.3, -0.25) is 0 Å². The van der Waals surface area contributed by atoms with E-state index in [1.54, 1.807) is 0 Å². The first-order chi connectivity index (χ1) is 6.86. The Bertz CT molecular complexity index is 266. The highest BCUT2D eigenvalue weighted by atomic mass is 35.5. The molecule has 1 aromatic rings. The molecule has 0 aromatic heterocycles. The number of aryl methyl sites for hydroxylation is 1. The number of hydrogen-bond acceptors (Lipinski definition) is 2. The zero-order chi connectivity index (χ0) is 10.2.